The Hall–Kier alpha value is -1.98. The van der Waals surface area contributed by atoms with E-state index in [2.05, 4.69) is 6.92 Å². The maximum Gasteiger partial charge on any atom is 0.319 e. The molecule has 0 aliphatic rings. The number of nitrogens with one attached hydrogen (secondary N) is 2. The summed E-state index contributed by atoms with van der Waals surface area (Å²) in [5.74, 6) is -15.6. The molecule has 1 aromatic rings. The second kappa shape index (κ2) is 11.3. The van der Waals surface area contributed by atoms with Crippen LogP contribution in [0.4, 0.5) is 32.4 Å². The number of aliphatic hydroxyl groups is 3. The van der Waals surface area contributed by atoms with Gasteiger partial charge in [0.25, 0.3) is 5.97 Å². The molecule has 0 saturated carbocycles. The highest BCUT2D eigenvalue weighted by atomic mass is 19.2. The lowest BCUT2D eigenvalue weighted by atomic mass is 9.98. The number of anilines is 1. The van der Waals surface area contributed by atoms with Crippen LogP contribution >= 0.6 is 0 Å². The molecule has 6 nitrogen and oxygen atoms in total. The zero-order valence-corrected chi connectivity index (χ0v) is 15.9. The Balaban J connectivity index is 2.66. The van der Waals surface area contributed by atoms with Gasteiger partial charge in [-0.1, -0.05) is 45.4 Å². The molecule has 0 saturated heterocycles. The van der Waals surface area contributed by atoms with E-state index in [9.17, 15) is 42.1 Å². The van der Waals surface area contributed by atoms with Gasteiger partial charge in [0, 0.05) is 6.54 Å². The summed E-state index contributed by atoms with van der Waals surface area (Å²) in [6, 6.07) is -1.36. The van der Waals surface area contributed by atoms with Gasteiger partial charge in [-0.2, -0.15) is 0 Å². The summed E-state index contributed by atoms with van der Waals surface area (Å²) in [7, 11) is 0. The van der Waals surface area contributed by atoms with Crippen molar-refractivity contribution in [1.82, 2.24) is 5.32 Å². The van der Waals surface area contributed by atoms with Crippen LogP contribution in [0, 0.1) is 35.0 Å². The first-order valence-corrected chi connectivity index (χ1v) is 9.24. The van der Waals surface area contributed by atoms with Crippen LogP contribution in [0.1, 0.15) is 51.9 Å². The zero-order chi connectivity index (χ0) is 22.2. The Morgan fingerprint density at radius 1 is 0.862 bits per heavy atom. The molecule has 1 aromatic carbocycles. The predicted molar refractivity (Wildman–Crippen MR) is 94.1 cm³/mol. The Labute approximate surface area is 164 Å². The van der Waals surface area contributed by atoms with Gasteiger partial charge in [-0.3, -0.25) is 0 Å². The van der Waals surface area contributed by atoms with Crippen LogP contribution in [-0.2, 0) is 0 Å². The molecule has 0 spiro atoms. The second-order valence-electron chi connectivity index (χ2n) is 6.72. The normalized spacial score (nSPS) is 12.7. The molecule has 1 rings (SSSR count). The lowest BCUT2D eigenvalue weighted by Gasteiger charge is -2.26. The number of amides is 2. The van der Waals surface area contributed by atoms with Crippen LogP contribution < -0.4 is 10.6 Å². The Morgan fingerprint density at radius 3 is 1.86 bits per heavy atom. The smallest absolute Gasteiger partial charge is 0.319 e. The van der Waals surface area contributed by atoms with Gasteiger partial charge in [0.05, 0.1) is 5.92 Å². The Morgan fingerprint density at radius 2 is 1.34 bits per heavy atom. The fourth-order valence-corrected chi connectivity index (χ4v) is 2.69. The van der Waals surface area contributed by atoms with Gasteiger partial charge in [0.15, 0.2) is 23.3 Å². The SMILES string of the molecule is CCCCCCCCC(CNC(=O)Nc1c(F)c(F)c(F)c(F)c1F)C(O)(O)O. The van der Waals surface area contributed by atoms with Gasteiger partial charge >= 0.3 is 6.03 Å². The third kappa shape index (κ3) is 7.41. The molecule has 0 fully saturated rings. The van der Waals surface area contributed by atoms with E-state index in [-0.39, 0.29) is 6.42 Å². The van der Waals surface area contributed by atoms with Crippen molar-refractivity contribution in [3.05, 3.63) is 29.1 Å². The van der Waals surface area contributed by atoms with Crippen molar-refractivity contribution in [2.24, 2.45) is 5.92 Å². The lowest BCUT2D eigenvalue weighted by Crippen LogP contribution is -2.45. The molecule has 11 heteroatoms. The average molecular weight is 428 g/mol. The van der Waals surface area contributed by atoms with Gasteiger partial charge in [0.2, 0.25) is 5.82 Å². The summed E-state index contributed by atoms with van der Waals surface area (Å²) < 4.78 is 66.4. The molecular weight excluding hydrogens is 403 g/mol. The van der Waals surface area contributed by atoms with Crippen LogP contribution in [0.3, 0.4) is 0 Å². The largest absolute Gasteiger partial charge is 0.343 e. The van der Waals surface area contributed by atoms with Crippen LogP contribution in [0.5, 0.6) is 0 Å². The number of hydrogen-bond acceptors (Lipinski definition) is 4. The third-order valence-corrected chi connectivity index (χ3v) is 4.41. The van der Waals surface area contributed by atoms with E-state index < -0.39 is 59.2 Å². The molecule has 1 unspecified atom stereocenters. The molecule has 0 aliphatic heterocycles. The zero-order valence-electron chi connectivity index (χ0n) is 15.9. The first-order valence-electron chi connectivity index (χ1n) is 9.24. The monoisotopic (exact) mass is 428 g/mol. The molecular formula is C18H25F5N2O4. The summed E-state index contributed by atoms with van der Waals surface area (Å²) in [6.07, 6.45) is 5.40. The average Bonchev–Trinajstić information content (AvgIpc) is 2.66. The lowest BCUT2D eigenvalue weighted by molar-refractivity contribution is -0.341. The first kappa shape index (κ1) is 25.1. The van der Waals surface area contributed by atoms with Crippen molar-refractivity contribution in [3.63, 3.8) is 0 Å². The number of benzene rings is 1. The summed E-state index contributed by atoms with van der Waals surface area (Å²) in [5, 5.41) is 31.7. The molecule has 0 heterocycles. The number of carbonyl (C=O) groups excluding carboxylic acids is 1. The van der Waals surface area contributed by atoms with Crippen molar-refractivity contribution >= 4 is 11.7 Å². The van der Waals surface area contributed by atoms with Crippen LogP contribution in [0.25, 0.3) is 0 Å². The summed E-state index contributed by atoms with van der Waals surface area (Å²) in [6.45, 7) is 1.52. The van der Waals surface area contributed by atoms with E-state index >= 15 is 0 Å². The minimum Gasteiger partial charge on any atom is -0.343 e. The molecule has 29 heavy (non-hydrogen) atoms. The summed E-state index contributed by atoms with van der Waals surface area (Å²) in [4.78, 5) is 11.8. The highest BCUT2D eigenvalue weighted by Gasteiger charge is 2.32. The van der Waals surface area contributed by atoms with Crippen molar-refractivity contribution < 1.29 is 42.1 Å². The third-order valence-electron chi connectivity index (χ3n) is 4.41. The van der Waals surface area contributed by atoms with Gasteiger partial charge in [0.1, 0.15) is 5.69 Å². The first-order chi connectivity index (χ1) is 13.5. The van der Waals surface area contributed by atoms with Gasteiger partial charge < -0.3 is 26.0 Å². The molecule has 2 amide bonds. The topological polar surface area (TPSA) is 102 Å². The molecule has 0 aromatic heterocycles. The van der Waals surface area contributed by atoms with Gasteiger partial charge in [-0.15, -0.1) is 0 Å². The maximum atomic E-state index is 13.6. The van der Waals surface area contributed by atoms with Crippen LogP contribution in [0.15, 0.2) is 0 Å². The maximum absolute atomic E-state index is 13.6. The predicted octanol–water partition coefficient (Wildman–Crippen LogP) is 3.50. The summed E-state index contributed by atoms with van der Waals surface area (Å²) in [5.41, 5.74) is -1.55. The van der Waals surface area contributed by atoms with Crippen molar-refractivity contribution in [3.8, 4) is 0 Å². The molecule has 0 bridgehead atoms. The van der Waals surface area contributed by atoms with E-state index in [0.29, 0.717) is 6.42 Å². The van der Waals surface area contributed by atoms with Gasteiger partial charge in [-0.05, 0) is 6.42 Å². The molecule has 1 atom stereocenters. The summed E-state index contributed by atoms with van der Waals surface area (Å²) >= 11 is 0. The second-order valence-corrected chi connectivity index (χ2v) is 6.72. The van der Waals surface area contributed by atoms with Crippen molar-refractivity contribution in [1.29, 1.82) is 0 Å². The minimum atomic E-state index is -3.12. The van der Waals surface area contributed by atoms with E-state index in [1.54, 1.807) is 0 Å². The Bertz CT molecular complexity index is 669. The molecule has 5 N–H and O–H groups in total. The number of urea groups is 1. The molecule has 166 valence electrons. The van der Waals surface area contributed by atoms with Crippen molar-refractivity contribution in [2.75, 3.05) is 11.9 Å². The minimum absolute atomic E-state index is 0.110. The van der Waals surface area contributed by atoms with E-state index in [1.807, 2.05) is 5.32 Å². The highest BCUT2D eigenvalue weighted by Crippen LogP contribution is 2.27. The Kier molecular flexibility index (Phi) is 9.74. The molecule has 0 aliphatic carbocycles. The van der Waals surface area contributed by atoms with Gasteiger partial charge in [-0.25, -0.2) is 26.7 Å². The van der Waals surface area contributed by atoms with E-state index in [1.165, 1.54) is 5.32 Å². The highest BCUT2D eigenvalue weighted by molar-refractivity contribution is 5.89. The fourth-order valence-electron chi connectivity index (χ4n) is 2.69. The van der Waals surface area contributed by atoms with Crippen LogP contribution in [-0.4, -0.2) is 33.9 Å². The van der Waals surface area contributed by atoms with E-state index in [4.69, 9.17) is 0 Å². The number of hydrogen-bond donors (Lipinski definition) is 5. The molecule has 0 radical (unpaired) electrons. The number of carbonyl (C=O) groups is 1. The van der Waals surface area contributed by atoms with Crippen LogP contribution in [0.2, 0.25) is 0 Å². The number of halogens is 5. The van der Waals surface area contributed by atoms with E-state index in [0.717, 1.165) is 32.1 Å². The quantitative estimate of drug-likeness (QED) is 0.122. The number of rotatable bonds is 11. The van der Waals surface area contributed by atoms with Crippen molar-refractivity contribution in [2.45, 2.75) is 57.8 Å². The number of unbranched alkanes of at least 4 members (excludes halogenated alkanes) is 5. The standard InChI is InChI=1S/C18H25F5N2O4/c1-2-3-4-5-6-7-8-10(18(27,28)29)9-24-17(26)25-16-14(22)12(20)11(19)13(21)15(16)23/h10,27-29H,2-9H2,1H3,(H2,24,25,26). The fraction of sp³-hybridized carbons (Fsp3) is 0.611.